The second-order valence-electron chi connectivity index (χ2n) is 3.94. The third kappa shape index (κ3) is 4.90. The molecule has 1 saturated heterocycles. The first-order valence-electron chi connectivity index (χ1n) is 5.14. The summed E-state index contributed by atoms with van der Waals surface area (Å²) in [6.45, 7) is 4.34. The molecule has 86 valence electrons. The summed E-state index contributed by atoms with van der Waals surface area (Å²) in [5, 5.41) is 2.69. The summed E-state index contributed by atoms with van der Waals surface area (Å²) >= 11 is 0. The van der Waals surface area contributed by atoms with Crippen molar-refractivity contribution in [2.24, 2.45) is 0 Å². The van der Waals surface area contributed by atoms with E-state index >= 15 is 0 Å². The number of Topliss-reactive ketones (excluding diaryl/α,β-unsaturated/α-hetero) is 1. The highest BCUT2D eigenvalue weighted by Crippen LogP contribution is 2.01. The highest BCUT2D eigenvalue weighted by atomic mass is 16.5. The lowest BCUT2D eigenvalue weighted by molar-refractivity contribution is -0.127. The van der Waals surface area contributed by atoms with Crippen LogP contribution in [0.15, 0.2) is 0 Å². The van der Waals surface area contributed by atoms with E-state index in [0.29, 0.717) is 13.2 Å². The maximum Gasteiger partial charge on any atom is 0.227 e. The quantitative estimate of drug-likeness (QED) is 0.636. The van der Waals surface area contributed by atoms with Crippen LogP contribution in [0.5, 0.6) is 0 Å². The number of ether oxygens (including phenoxy) is 1. The average Bonchev–Trinajstić information content (AvgIpc) is 2.14. The van der Waals surface area contributed by atoms with Gasteiger partial charge in [0.15, 0.2) is 0 Å². The Hall–Kier alpha value is -0.940. The third-order valence-electron chi connectivity index (χ3n) is 2.28. The summed E-state index contributed by atoms with van der Waals surface area (Å²) in [5.41, 5.74) is 0. The molecular formula is C10H18N2O3. The van der Waals surface area contributed by atoms with Gasteiger partial charge in [0.1, 0.15) is 5.78 Å². The fraction of sp³-hybridized carbons (Fsp3) is 0.800. The van der Waals surface area contributed by atoms with Gasteiger partial charge in [0, 0.05) is 19.6 Å². The molecule has 0 radical (unpaired) electrons. The molecule has 1 atom stereocenters. The molecule has 15 heavy (non-hydrogen) atoms. The van der Waals surface area contributed by atoms with Crippen molar-refractivity contribution in [1.29, 1.82) is 0 Å². The van der Waals surface area contributed by atoms with Gasteiger partial charge in [0.25, 0.3) is 0 Å². The van der Waals surface area contributed by atoms with Crippen LogP contribution in [-0.2, 0) is 14.3 Å². The number of hydrogen-bond acceptors (Lipinski definition) is 4. The van der Waals surface area contributed by atoms with E-state index < -0.39 is 0 Å². The molecule has 0 aromatic carbocycles. The normalized spacial score (nSPS) is 22.4. The highest BCUT2D eigenvalue weighted by molar-refractivity contribution is 5.96. The minimum absolute atomic E-state index is 0.0391. The van der Waals surface area contributed by atoms with Crippen molar-refractivity contribution in [2.75, 3.05) is 33.3 Å². The molecule has 1 fully saturated rings. The van der Waals surface area contributed by atoms with E-state index in [2.05, 4.69) is 10.2 Å². The van der Waals surface area contributed by atoms with Crippen molar-refractivity contribution in [1.82, 2.24) is 10.2 Å². The molecule has 0 aliphatic carbocycles. The molecule has 1 aliphatic rings. The van der Waals surface area contributed by atoms with E-state index in [1.807, 2.05) is 7.05 Å². The summed E-state index contributed by atoms with van der Waals surface area (Å²) in [6.07, 6.45) is 0.00222. The van der Waals surface area contributed by atoms with Crippen molar-refractivity contribution in [3.8, 4) is 0 Å². The van der Waals surface area contributed by atoms with Gasteiger partial charge in [-0.25, -0.2) is 0 Å². The van der Waals surface area contributed by atoms with E-state index in [0.717, 1.165) is 13.1 Å². The van der Waals surface area contributed by atoms with Crippen LogP contribution >= 0.6 is 0 Å². The van der Waals surface area contributed by atoms with Gasteiger partial charge in [0.2, 0.25) is 5.91 Å². The molecule has 0 aromatic heterocycles. The lowest BCUT2D eigenvalue weighted by Crippen LogP contribution is -2.46. The minimum Gasteiger partial charge on any atom is -0.374 e. The zero-order valence-corrected chi connectivity index (χ0v) is 9.28. The average molecular weight is 214 g/mol. The molecule has 1 amide bonds. The first-order chi connectivity index (χ1) is 7.08. The molecule has 5 heteroatoms. The summed E-state index contributed by atoms with van der Waals surface area (Å²) < 4.78 is 5.46. The first-order valence-corrected chi connectivity index (χ1v) is 5.14. The van der Waals surface area contributed by atoms with Gasteiger partial charge >= 0.3 is 0 Å². The number of carbonyl (C=O) groups is 2. The standard InChI is InChI=1S/C10H18N2O3/c1-8(13)5-10(14)11-6-9-7-12(2)3-4-15-9/h9H,3-7H2,1-2H3,(H,11,14). The topological polar surface area (TPSA) is 58.6 Å². The van der Waals surface area contributed by atoms with Crippen LogP contribution in [0.2, 0.25) is 0 Å². The van der Waals surface area contributed by atoms with Crippen molar-refractivity contribution < 1.29 is 14.3 Å². The van der Waals surface area contributed by atoms with Crippen molar-refractivity contribution in [3.63, 3.8) is 0 Å². The van der Waals surface area contributed by atoms with Crippen LogP contribution in [0.3, 0.4) is 0 Å². The minimum atomic E-state index is -0.223. The molecule has 5 nitrogen and oxygen atoms in total. The van der Waals surface area contributed by atoms with E-state index in [4.69, 9.17) is 4.74 Å². The Balaban J connectivity index is 2.18. The van der Waals surface area contributed by atoms with Crippen LogP contribution in [0.1, 0.15) is 13.3 Å². The summed E-state index contributed by atoms with van der Waals surface area (Å²) in [4.78, 5) is 24.0. The lowest BCUT2D eigenvalue weighted by Gasteiger charge is -2.30. The molecule has 1 N–H and O–H groups in total. The number of nitrogens with one attached hydrogen (secondary N) is 1. The van der Waals surface area contributed by atoms with Gasteiger partial charge in [-0.05, 0) is 14.0 Å². The number of amides is 1. The van der Waals surface area contributed by atoms with E-state index in [1.54, 1.807) is 0 Å². The van der Waals surface area contributed by atoms with E-state index in [9.17, 15) is 9.59 Å². The van der Waals surface area contributed by atoms with Gasteiger partial charge in [0.05, 0.1) is 19.1 Å². The van der Waals surface area contributed by atoms with Gasteiger partial charge in [-0.2, -0.15) is 0 Å². The number of morpholine rings is 1. The SMILES string of the molecule is CC(=O)CC(=O)NCC1CN(C)CCO1. The number of rotatable bonds is 4. The largest absolute Gasteiger partial charge is 0.374 e. The number of likely N-dealkylation sites (N-methyl/N-ethyl adjacent to an activating group) is 1. The molecule has 1 unspecified atom stereocenters. The maximum absolute atomic E-state index is 11.2. The fourth-order valence-corrected chi connectivity index (χ4v) is 1.51. The molecule has 1 rings (SSSR count). The second kappa shape index (κ2) is 5.82. The Bertz CT molecular complexity index is 243. The Morgan fingerprint density at radius 2 is 2.27 bits per heavy atom. The summed E-state index contributed by atoms with van der Waals surface area (Å²) in [6, 6.07) is 0. The zero-order valence-electron chi connectivity index (χ0n) is 9.28. The third-order valence-corrected chi connectivity index (χ3v) is 2.28. The zero-order chi connectivity index (χ0) is 11.3. The maximum atomic E-state index is 11.2. The Labute approximate surface area is 89.8 Å². The molecule has 0 saturated carbocycles. The number of ketones is 1. The predicted molar refractivity (Wildman–Crippen MR) is 55.5 cm³/mol. The molecule has 0 spiro atoms. The van der Waals surface area contributed by atoms with Gasteiger partial charge < -0.3 is 15.0 Å². The van der Waals surface area contributed by atoms with E-state index in [-0.39, 0.29) is 24.2 Å². The van der Waals surface area contributed by atoms with Crippen molar-refractivity contribution in [2.45, 2.75) is 19.4 Å². The highest BCUT2D eigenvalue weighted by Gasteiger charge is 2.18. The Morgan fingerprint density at radius 1 is 1.53 bits per heavy atom. The first kappa shape index (κ1) is 12.1. The van der Waals surface area contributed by atoms with Gasteiger partial charge in [-0.15, -0.1) is 0 Å². The van der Waals surface area contributed by atoms with Gasteiger partial charge in [-0.1, -0.05) is 0 Å². The molecule has 0 aromatic rings. The van der Waals surface area contributed by atoms with E-state index in [1.165, 1.54) is 6.92 Å². The molecule has 1 aliphatic heterocycles. The van der Waals surface area contributed by atoms with Crippen molar-refractivity contribution >= 4 is 11.7 Å². The Morgan fingerprint density at radius 3 is 2.87 bits per heavy atom. The van der Waals surface area contributed by atoms with Crippen LogP contribution in [-0.4, -0.2) is 56.0 Å². The summed E-state index contributed by atoms with van der Waals surface area (Å²) in [7, 11) is 2.02. The van der Waals surface area contributed by atoms with Crippen molar-refractivity contribution in [3.05, 3.63) is 0 Å². The molecule has 0 bridgehead atoms. The monoisotopic (exact) mass is 214 g/mol. The molecule has 1 heterocycles. The summed E-state index contributed by atoms with van der Waals surface area (Å²) in [5.74, 6) is -0.339. The van der Waals surface area contributed by atoms with Crippen LogP contribution in [0, 0.1) is 0 Å². The number of hydrogen-bond donors (Lipinski definition) is 1. The fourth-order valence-electron chi connectivity index (χ4n) is 1.51. The van der Waals surface area contributed by atoms with Crippen LogP contribution in [0.4, 0.5) is 0 Å². The predicted octanol–water partition coefficient (Wildman–Crippen LogP) is -0.588. The smallest absolute Gasteiger partial charge is 0.227 e. The van der Waals surface area contributed by atoms with Gasteiger partial charge in [-0.3, -0.25) is 9.59 Å². The number of nitrogens with zero attached hydrogens (tertiary/aromatic N) is 1. The van der Waals surface area contributed by atoms with Crippen LogP contribution < -0.4 is 5.32 Å². The van der Waals surface area contributed by atoms with Crippen LogP contribution in [0.25, 0.3) is 0 Å². The Kier molecular flexibility index (Phi) is 4.71. The number of carbonyl (C=O) groups excluding carboxylic acids is 2. The second-order valence-corrected chi connectivity index (χ2v) is 3.94. The molecular weight excluding hydrogens is 196 g/mol. The lowest BCUT2D eigenvalue weighted by atomic mass is 10.2.